The summed E-state index contributed by atoms with van der Waals surface area (Å²) in [6.45, 7) is 3.20. The van der Waals surface area contributed by atoms with E-state index in [1.54, 1.807) is 28.9 Å². The maximum absolute atomic E-state index is 13.2. The van der Waals surface area contributed by atoms with Gasteiger partial charge in [-0.1, -0.05) is 0 Å². The fourth-order valence-electron chi connectivity index (χ4n) is 3.90. The molecule has 2 aliphatic heterocycles. The Labute approximate surface area is 162 Å². The average molecular weight is 387 g/mol. The molecule has 3 heterocycles. The lowest BCUT2D eigenvalue weighted by Crippen LogP contribution is -2.55. The van der Waals surface area contributed by atoms with Crippen LogP contribution in [-0.4, -0.2) is 53.5 Å². The van der Waals surface area contributed by atoms with Crippen LogP contribution < -0.4 is 4.90 Å². The highest BCUT2D eigenvalue weighted by molar-refractivity contribution is 5.95. The lowest BCUT2D eigenvalue weighted by molar-refractivity contribution is -0.140. The van der Waals surface area contributed by atoms with Crippen molar-refractivity contribution >= 4 is 17.5 Å². The standard InChI is InChI=1S/C20H22FN3O4/c1-14-18(22-13-27-14)19(26)23-9-2-7-20(8-10-23)12-24(17(25)11-28-20)16-5-3-15(21)4-6-16/h3-6,13H,2,7-12H2,1H3. The van der Waals surface area contributed by atoms with Gasteiger partial charge in [-0.05, 0) is 50.5 Å². The molecule has 4 rings (SSSR count). The molecule has 1 spiro atoms. The Balaban J connectivity index is 1.49. The van der Waals surface area contributed by atoms with Crippen LogP contribution >= 0.6 is 0 Å². The minimum Gasteiger partial charge on any atom is -0.448 e. The first-order chi connectivity index (χ1) is 13.5. The first-order valence-corrected chi connectivity index (χ1v) is 9.37. The van der Waals surface area contributed by atoms with E-state index in [1.807, 2.05) is 0 Å². The molecule has 0 aliphatic carbocycles. The van der Waals surface area contributed by atoms with Crippen LogP contribution in [0.25, 0.3) is 0 Å². The fraction of sp³-hybridized carbons (Fsp3) is 0.450. The lowest BCUT2D eigenvalue weighted by Gasteiger charge is -2.42. The van der Waals surface area contributed by atoms with Gasteiger partial charge in [0.2, 0.25) is 0 Å². The Morgan fingerprint density at radius 3 is 2.71 bits per heavy atom. The van der Waals surface area contributed by atoms with Gasteiger partial charge in [-0.3, -0.25) is 9.59 Å². The number of nitrogens with zero attached hydrogens (tertiary/aromatic N) is 3. The van der Waals surface area contributed by atoms with E-state index >= 15 is 0 Å². The van der Waals surface area contributed by atoms with Crippen LogP contribution in [0.4, 0.5) is 10.1 Å². The third-order valence-electron chi connectivity index (χ3n) is 5.52. The minimum atomic E-state index is -0.518. The summed E-state index contributed by atoms with van der Waals surface area (Å²) in [7, 11) is 0. The highest BCUT2D eigenvalue weighted by Gasteiger charge is 2.42. The molecule has 1 aromatic carbocycles. The molecule has 148 valence electrons. The maximum Gasteiger partial charge on any atom is 0.276 e. The maximum atomic E-state index is 13.2. The molecule has 0 saturated carbocycles. The SMILES string of the molecule is Cc1ocnc1C(=O)N1CCCC2(CC1)CN(c1ccc(F)cc1)C(=O)CO2. The zero-order chi connectivity index (χ0) is 19.7. The predicted octanol–water partition coefficient (Wildman–Crippen LogP) is 2.55. The van der Waals surface area contributed by atoms with E-state index in [1.165, 1.54) is 18.5 Å². The summed E-state index contributed by atoms with van der Waals surface area (Å²) in [5, 5.41) is 0. The highest BCUT2D eigenvalue weighted by atomic mass is 19.1. The van der Waals surface area contributed by atoms with Crippen LogP contribution in [0.3, 0.4) is 0 Å². The third-order valence-corrected chi connectivity index (χ3v) is 5.52. The number of halogens is 1. The molecule has 0 N–H and O–H groups in total. The van der Waals surface area contributed by atoms with Crippen molar-refractivity contribution in [3.63, 3.8) is 0 Å². The topological polar surface area (TPSA) is 75.9 Å². The van der Waals surface area contributed by atoms with Crippen molar-refractivity contribution in [2.45, 2.75) is 31.8 Å². The first-order valence-electron chi connectivity index (χ1n) is 9.37. The van der Waals surface area contributed by atoms with E-state index in [9.17, 15) is 14.0 Å². The second kappa shape index (κ2) is 7.35. The zero-order valence-electron chi connectivity index (χ0n) is 15.7. The number of carbonyl (C=O) groups is 2. The van der Waals surface area contributed by atoms with Gasteiger partial charge < -0.3 is 19.0 Å². The van der Waals surface area contributed by atoms with Gasteiger partial charge in [0.25, 0.3) is 11.8 Å². The fourth-order valence-corrected chi connectivity index (χ4v) is 3.90. The molecule has 2 aromatic rings. The number of aryl methyl sites for hydroxylation is 1. The molecular formula is C20H22FN3O4. The lowest BCUT2D eigenvalue weighted by atomic mass is 9.92. The number of amides is 2. The molecule has 2 fully saturated rings. The molecule has 1 unspecified atom stereocenters. The monoisotopic (exact) mass is 387 g/mol. The number of likely N-dealkylation sites (tertiary alicyclic amines) is 1. The molecule has 2 aliphatic rings. The highest BCUT2D eigenvalue weighted by Crippen LogP contribution is 2.33. The van der Waals surface area contributed by atoms with Crippen LogP contribution in [0.1, 0.15) is 35.5 Å². The first kappa shape index (κ1) is 18.6. The van der Waals surface area contributed by atoms with Crippen LogP contribution in [0.2, 0.25) is 0 Å². The van der Waals surface area contributed by atoms with E-state index in [2.05, 4.69) is 4.98 Å². The van der Waals surface area contributed by atoms with Crippen molar-refractivity contribution in [2.24, 2.45) is 0 Å². The van der Waals surface area contributed by atoms with Crippen LogP contribution in [0.5, 0.6) is 0 Å². The summed E-state index contributed by atoms with van der Waals surface area (Å²) in [6, 6.07) is 5.90. The summed E-state index contributed by atoms with van der Waals surface area (Å²) >= 11 is 0. The van der Waals surface area contributed by atoms with Crippen molar-refractivity contribution in [2.75, 3.05) is 31.1 Å². The molecule has 1 atom stereocenters. The van der Waals surface area contributed by atoms with Gasteiger partial charge in [0.15, 0.2) is 12.1 Å². The molecule has 0 bridgehead atoms. The van der Waals surface area contributed by atoms with Crippen LogP contribution in [0, 0.1) is 12.7 Å². The van der Waals surface area contributed by atoms with Gasteiger partial charge in [-0.15, -0.1) is 0 Å². The van der Waals surface area contributed by atoms with Gasteiger partial charge in [-0.2, -0.15) is 0 Å². The Morgan fingerprint density at radius 2 is 2.00 bits per heavy atom. The minimum absolute atomic E-state index is 0.0201. The zero-order valence-corrected chi connectivity index (χ0v) is 15.7. The van der Waals surface area contributed by atoms with Gasteiger partial charge in [0.1, 0.15) is 18.2 Å². The van der Waals surface area contributed by atoms with Crippen molar-refractivity contribution in [3.8, 4) is 0 Å². The van der Waals surface area contributed by atoms with E-state index in [4.69, 9.17) is 9.15 Å². The van der Waals surface area contributed by atoms with Crippen molar-refractivity contribution in [3.05, 3.63) is 47.9 Å². The molecule has 1 aromatic heterocycles. The van der Waals surface area contributed by atoms with Crippen LogP contribution in [0.15, 0.2) is 35.1 Å². The van der Waals surface area contributed by atoms with Crippen molar-refractivity contribution in [1.82, 2.24) is 9.88 Å². The van der Waals surface area contributed by atoms with Crippen molar-refractivity contribution in [1.29, 1.82) is 0 Å². The second-order valence-electron chi connectivity index (χ2n) is 7.33. The quantitative estimate of drug-likeness (QED) is 0.792. The summed E-state index contributed by atoms with van der Waals surface area (Å²) in [5.41, 5.74) is 0.476. The Bertz CT molecular complexity index is 882. The molecule has 7 nitrogen and oxygen atoms in total. The molecule has 2 saturated heterocycles. The number of anilines is 1. The van der Waals surface area contributed by atoms with Crippen molar-refractivity contribution < 1.29 is 23.1 Å². The van der Waals surface area contributed by atoms with Gasteiger partial charge in [-0.25, -0.2) is 9.37 Å². The molecular weight excluding hydrogens is 365 g/mol. The smallest absolute Gasteiger partial charge is 0.276 e. The normalized spacial score (nSPS) is 23.1. The Morgan fingerprint density at radius 1 is 1.21 bits per heavy atom. The Hall–Kier alpha value is -2.74. The number of aromatic nitrogens is 1. The third kappa shape index (κ3) is 3.52. The predicted molar refractivity (Wildman–Crippen MR) is 98.4 cm³/mol. The number of morpholine rings is 1. The number of oxazole rings is 1. The number of rotatable bonds is 2. The van der Waals surface area contributed by atoms with E-state index in [0.29, 0.717) is 43.2 Å². The molecule has 0 radical (unpaired) electrons. The molecule has 28 heavy (non-hydrogen) atoms. The Kier molecular flexibility index (Phi) is 4.89. The van der Waals surface area contributed by atoms with E-state index in [-0.39, 0.29) is 24.2 Å². The van der Waals surface area contributed by atoms with Gasteiger partial charge in [0.05, 0.1) is 12.1 Å². The largest absolute Gasteiger partial charge is 0.448 e. The number of ether oxygens (including phenoxy) is 1. The number of carbonyl (C=O) groups excluding carboxylic acids is 2. The van der Waals surface area contributed by atoms with E-state index in [0.717, 1.165) is 12.8 Å². The average Bonchev–Trinajstić information content (AvgIpc) is 3.01. The summed E-state index contributed by atoms with van der Waals surface area (Å²) in [5.74, 6) is -0.130. The van der Waals surface area contributed by atoms with Gasteiger partial charge in [0, 0.05) is 18.8 Å². The van der Waals surface area contributed by atoms with E-state index < -0.39 is 5.60 Å². The van der Waals surface area contributed by atoms with Crippen LogP contribution in [-0.2, 0) is 9.53 Å². The number of hydrogen-bond donors (Lipinski definition) is 0. The molecule has 8 heteroatoms. The second-order valence-corrected chi connectivity index (χ2v) is 7.33. The summed E-state index contributed by atoms with van der Waals surface area (Å²) in [4.78, 5) is 32.6. The summed E-state index contributed by atoms with van der Waals surface area (Å²) in [6.07, 6.45) is 3.38. The summed E-state index contributed by atoms with van der Waals surface area (Å²) < 4.78 is 24.4. The number of hydrogen-bond acceptors (Lipinski definition) is 5. The molecule has 2 amide bonds. The van der Waals surface area contributed by atoms with Gasteiger partial charge >= 0.3 is 0 Å². The number of benzene rings is 1.